The smallest absolute Gasteiger partial charge is 0.209 e. The lowest BCUT2D eigenvalue weighted by Crippen LogP contribution is -2.32. The summed E-state index contributed by atoms with van der Waals surface area (Å²) in [6.45, 7) is 0. The van der Waals surface area contributed by atoms with Crippen LogP contribution in [0.4, 0.5) is 0 Å². The minimum Gasteiger partial charge on any atom is -0.312 e. The monoisotopic (exact) mass is 275 g/mol. The lowest BCUT2D eigenvalue weighted by atomic mass is 9.87. The Morgan fingerprint density at radius 3 is 2.95 bits per heavy atom. The lowest BCUT2D eigenvalue weighted by Gasteiger charge is -2.32. The summed E-state index contributed by atoms with van der Waals surface area (Å²) in [5.41, 5.74) is 2.86. The maximum absolute atomic E-state index is 4.07. The summed E-state index contributed by atoms with van der Waals surface area (Å²) >= 11 is 1.76. The largest absolute Gasteiger partial charge is 0.312 e. The SMILES string of the molecule is CNC1c2ccccc2CCC1Sc1nnnn1C. The third-order valence-corrected chi connectivity index (χ3v) is 4.98. The molecule has 2 atom stereocenters. The van der Waals surface area contributed by atoms with Crippen LogP contribution in [0.1, 0.15) is 23.6 Å². The minimum absolute atomic E-state index is 0.353. The summed E-state index contributed by atoms with van der Waals surface area (Å²) in [5, 5.41) is 16.5. The summed E-state index contributed by atoms with van der Waals surface area (Å²) in [5.74, 6) is 0. The summed E-state index contributed by atoms with van der Waals surface area (Å²) < 4.78 is 1.73. The number of aromatic nitrogens is 4. The zero-order valence-electron chi connectivity index (χ0n) is 11.1. The molecule has 0 amide bonds. The van der Waals surface area contributed by atoms with E-state index in [-0.39, 0.29) is 0 Å². The van der Waals surface area contributed by atoms with Crippen molar-refractivity contribution in [3.05, 3.63) is 35.4 Å². The summed E-state index contributed by atoms with van der Waals surface area (Å²) in [6.07, 6.45) is 2.26. The number of fused-ring (bicyclic) bond motifs is 1. The zero-order chi connectivity index (χ0) is 13.2. The van der Waals surface area contributed by atoms with Crippen LogP contribution in [0.2, 0.25) is 0 Å². The van der Waals surface area contributed by atoms with E-state index in [1.54, 1.807) is 16.4 Å². The van der Waals surface area contributed by atoms with Gasteiger partial charge in [-0.25, -0.2) is 4.68 Å². The molecule has 5 nitrogen and oxygen atoms in total. The van der Waals surface area contributed by atoms with Crippen molar-refractivity contribution in [2.45, 2.75) is 29.3 Å². The molecule has 3 rings (SSSR count). The molecule has 0 saturated heterocycles. The van der Waals surface area contributed by atoms with Gasteiger partial charge in [-0.05, 0) is 41.4 Å². The van der Waals surface area contributed by atoms with E-state index in [1.807, 2.05) is 14.1 Å². The average molecular weight is 275 g/mol. The van der Waals surface area contributed by atoms with E-state index in [4.69, 9.17) is 0 Å². The van der Waals surface area contributed by atoms with Gasteiger partial charge in [0.1, 0.15) is 0 Å². The third kappa shape index (κ3) is 2.37. The van der Waals surface area contributed by atoms with E-state index in [0.29, 0.717) is 11.3 Å². The predicted molar refractivity (Wildman–Crippen MR) is 75.0 cm³/mol. The van der Waals surface area contributed by atoms with Crippen LogP contribution in [0.5, 0.6) is 0 Å². The number of rotatable bonds is 3. The molecule has 6 heteroatoms. The Hall–Kier alpha value is -1.40. The fraction of sp³-hybridized carbons (Fsp3) is 0.462. The molecule has 0 bridgehead atoms. The molecule has 1 heterocycles. The molecule has 0 radical (unpaired) electrons. The molecule has 100 valence electrons. The number of tetrazole rings is 1. The Bertz CT molecular complexity index is 568. The van der Waals surface area contributed by atoms with Crippen LogP contribution in [0, 0.1) is 0 Å². The van der Waals surface area contributed by atoms with Gasteiger partial charge in [-0.15, -0.1) is 5.10 Å². The van der Waals surface area contributed by atoms with Crippen LogP contribution in [-0.4, -0.2) is 32.5 Å². The van der Waals surface area contributed by atoms with Gasteiger partial charge in [-0.1, -0.05) is 36.0 Å². The van der Waals surface area contributed by atoms with E-state index in [1.165, 1.54) is 11.1 Å². The Morgan fingerprint density at radius 1 is 1.37 bits per heavy atom. The van der Waals surface area contributed by atoms with Crippen LogP contribution in [0.15, 0.2) is 29.4 Å². The molecule has 0 spiro atoms. The summed E-state index contributed by atoms with van der Waals surface area (Å²) in [6, 6.07) is 9.03. The number of hydrogen-bond donors (Lipinski definition) is 1. The molecule has 19 heavy (non-hydrogen) atoms. The fourth-order valence-corrected chi connectivity index (χ4v) is 3.85. The van der Waals surface area contributed by atoms with Gasteiger partial charge in [0.2, 0.25) is 5.16 Å². The third-order valence-electron chi connectivity index (χ3n) is 3.61. The summed E-state index contributed by atoms with van der Waals surface area (Å²) in [4.78, 5) is 0. The van der Waals surface area contributed by atoms with Crippen molar-refractivity contribution in [3.63, 3.8) is 0 Å². The molecule has 1 aromatic carbocycles. The topological polar surface area (TPSA) is 55.6 Å². The second-order valence-corrected chi connectivity index (χ2v) is 5.95. The molecule has 1 aliphatic rings. The van der Waals surface area contributed by atoms with Crippen molar-refractivity contribution in [3.8, 4) is 0 Å². The van der Waals surface area contributed by atoms with Crippen molar-refractivity contribution in [1.82, 2.24) is 25.5 Å². The van der Waals surface area contributed by atoms with Gasteiger partial charge in [0.15, 0.2) is 0 Å². The van der Waals surface area contributed by atoms with Crippen molar-refractivity contribution in [1.29, 1.82) is 0 Å². The second-order valence-electron chi connectivity index (χ2n) is 4.75. The average Bonchev–Trinajstić information content (AvgIpc) is 2.84. The molecular weight excluding hydrogens is 258 g/mol. The van der Waals surface area contributed by atoms with Gasteiger partial charge >= 0.3 is 0 Å². The van der Waals surface area contributed by atoms with Crippen LogP contribution in [0.3, 0.4) is 0 Å². The highest BCUT2D eigenvalue weighted by Gasteiger charge is 2.30. The first-order chi connectivity index (χ1) is 9.29. The molecule has 2 unspecified atom stereocenters. The number of nitrogens with one attached hydrogen (secondary N) is 1. The highest BCUT2D eigenvalue weighted by atomic mass is 32.2. The van der Waals surface area contributed by atoms with Crippen LogP contribution in [0.25, 0.3) is 0 Å². The van der Waals surface area contributed by atoms with Crippen LogP contribution < -0.4 is 5.32 Å². The molecule has 0 saturated carbocycles. The molecule has 1 N–H and O–H groups in total. The number of nitrogens with zero attached hydrogens (tertiary/aromatic N) is 4. The lowest BCUT2D eigenvalue weighted by molar-refractivity contribution is 0.508. The Labute approximate surface area is 116 Å². The number of aryl methyl sites for hydroxylation is 2. The van der Waals surface area contributed by atoms with Crippen LogP contribution in [-0.2, 0) is 13.5 Å². The standard InChI is InChI=1S/C13H17N5S/c1-14-12-10-6-4-3-5-9(10)7-8-11(12)19-13-15-16-17-18(13)2/h3-6,11-12,14H,7-8H2,1-2H3. The van der Waals surface area contributed by atoms with Gasteiger partial charge < -0.3 is 5.32 Å². The van der Waals surface area contributed by atoms with E-state index in [0.717, 1.165) is 18.0 Å². The van der Waals surface area contributed by atoms with Crippen molar-refractivity contribution in [2.75, 3.05) is 7.05 Å². The number of benzene rings is 1. The predicted octanol–water partition coefficient (Wildman–Crippen LogP) is 1.58. The first kappa shape index (κ1) is 12.6. The van der Waals surface area contributed by atoms with E-state index < -0.39 is 0 Å². The molecule has 0 fully saturated rings. The quantitative estimate of drug-likeness (QED) is 0.921. The maximum Gasteiger partial charge on any atom is 0.209 e. The molecular formula is C13H17N5S. The first-order valence-electron chi connectivity index (χ1n) is 6.43. The highest BCUT2D eigenvalue weighted by molar-refractivity contribution is 7.99. The van der Waals surface area contributed by atoms with E-state index >= 15 is 0 Å². The van der Waals surface area contributed by atoms with Gasteiger partial charge in [-0.2, -0.15) is 0 Å². The summed E-state index contributed by atoms with van der Waals surface area (Å²) in [7, 11) is 3.91. The van der Waals surface area contributed by atoms with Crippen molar-refractivity contribution < 1.29 is 0 Å². The first-order valence-corrected chi connectivity index (χ1v) is 7.31. The zero-order valence-corrected chi connectivity index (χ0v) is 11.9. The molecule has 1 aliphatic carbocycles. The van der Waals surface area contributed by atoms with E-state index in [9.17, 15) is 0 Å². The Balaban J connectivity index is 1.86. The van der Waals surface area contributed by atoms with Crippen LogP contribution >= 0.6 is 11.8 Å². The Morgan fingerprint density at radius 2 is 2.21 bits per heavy atom. The van der Waals surface area contributed by atoms with E-state index in [2.05, 4.69) is 45.1 Å². The van der Waals surface area contributed by atoms with Gasteiger partial charge in [0.05, 0.1) is 0 Å². The van der Waals surface area contributed by atoms with Gasteiger partial charge in [0.25, 0.3) is 0 Å². The highest BCUT2D eigenvalue weighted by Crippen LogP contribution is 2.38. The molecule has 1 aromatic heterocycles. The van der Waals surface area contributed by atoms with Crippen molar-refractivity contribution in [2.24, 2.45) is 7.05 Å². The number of thioether (sulfide) groups is 1. The van der Waals surface area contributed by atoms with Gasteiger partial charge in [-0.3, -0.25) is 0 Å². The molecule has 0 aliphatic heterocycles. The fourth-order valence-electron chi connectivity index (χ4n) is 2.65. The molecule has 2 aromatic rings. The normalized spacial score (nSPS) is 22.2. The van der Waals surface area contributed by atoms with Gasteiger partial charge in [0, 0.05) is 18.3 Å². The second kappa shape index (κ2) is 5.30. The minimum atomic E-state index is 0.353. The maximum atomic E-state index is 4.07. The van der Waals surface area contributed by atoms with Crippen molar-refractivity contribution >= 4 is 11.8 Å². The number of hydrogen-bond acceptors (Lipinski definition) is 5. The Kier molecular flexibility index (Phi) is 3.52.